The number of nitriles is 1. The minimum absolute atomic E-state index is 0.0422. The second-order valence-corrected chi connectivity index (χ2v) is 3.77. The molecule has 2 nitrogen and oxygen atoms in total. The van der Waals surface area contributed by atoms with Crippen LogP contribution in [-0.2, 0) is 0 Å². The third-order valence-corrected chi connectivity index (χ3v) is 3.16. The van der Waals surface area contributed by atoms with Crippen LogP contribution in [0.25, 0.3) is 0 Å². The summed E-state index contributed by atoms with van der Waals surface area (Å²) in [5, 5.41) is 8.38. The Morgan fingerprint density at radius 3 is 2.92 bits per heavy atom. The molecule has 1 rings (SSSR count). The van der Waals surface area contributed by atoms with Gasteiger partial charge in [0.05, 0.1) is 12.5 Å². The third kappa shape index (κ3) is 2.28. The van der Waals surface area contributed by atoms with E-state index in [0.717, 1.165) is 9.13 Å². The molecule has 0 atom stereocenters. The van der Waals surface area contributed by atoms with Gasteiger partial charge in [-0.3, -0.25) is 4.79 Å². The number of benzene rings is 1. The zero-order chi connectivity index (χ0) is 9.84. The summed E-state index contributed by atoms with van der Waals surface area (Å²) in [6, 6.07) is 7.40. The smallest absolute Gasteiger partial charge is 0.177 e. The van der Waals surface area contributed by atoms with Crippen molar-refractivity contribution >= 4 is 28.4 Å². The van der Waals surface area contributed by atoms with Crippen molar-refractivity contribution in [2.24, 2.45) is 0 Å². The van der Waals surface area contributed by atoms with E-state index in [1.165, 1.54) is 0 Å². The van der Waals surface area contributed by atoms with Gasteiger partial charge in [-0.1, -0.05) is 18.2 Å². The average molecular weight is 285 g/mol. The number of Topliss-reactive ketones (excluding diaryl/α,β-unsaturated/α-hetero) is 1. The summed E-state index contributed by atoms with van der Waals surface area (Å²) in [6.07, 6.45) is -0.0422. The fourth-order valence-corrected chi connectivity index (χ4v) is 1.69. The molecule has 1 aromatic carbocycles. The average Bonchev–Trinajstić information content (AvgIpc) is 2.10. The number of aryl methyl sites for hydroxylation is 1. The molecule has 0 fully saturated rings. The van der Waals surface area contributed by atoms with Crippen LogP contribution in [0.1, 0.15) is 22.3 Å². The summed E-state index contributed by atoms with van der Waals surface area (Å²) >= 11 is 2.13. The maximum Gasteiger partial charge on any atom is 0.177 e. The second kappa shape index (κ2) is 4.38. The van der Waals surface area contributed by atoms with Crippen LogP contribution in [0.15, 0.2) is 18.2 Å². The van der Waals surface area contributed by atoms with Crippen LogP contribution in [0.3, 0.4) is 0 Å². The lowest BCUT2D eigenvalue weighted by molar-refractivity contribution is 0.0997. The van der Waals surface area contributed by atoms with Crippen LogP contribution >= 0.6 is 22.6 Å². The van der Waals surface area contributed by atoms with E-state index >= 15 is 0 Å². The number of carbonyl (C=O) groups excluding carboxylic acids is 1. The SMILES string of the molecule is Cc1cccc(C(=O)CC#N)c1I. The Morgan fingerprint density at radius 1 is 1.62 bits per heavy atom. The molecule has 0 amide bonds. The molecular formula is C10H8INO. The van der Waals surface area contributed by atoms with E-state index in [1.807, 2.05) is 25.1 Å². The van der Waals surface area contributed by atoms with Crippen molar-refractivity contribution in [3.63, 3.8) is 0 Å². The van der Waals surface area contributed by atoms with Crippen molar-refractivity contribution in [1.82, 2.24) is 0 Å². The Kier molecular flexibility index (Phi) is 3.43. The molecule has 0 aliphatic rings. The molecule has 0 saturated heterocycles. The predicted octanol–water partition coefficient (Wildman–Crippen LogP) is 2.70. The molecular weight excluding hydrogens is 277 g/mol. The zero-order valence-corrected chi connectivity index (χ0v) is 9.33. The minimum Gasteiger partial charge on any atom is -0.293 e. The van der Waals surface area contributed by atoms with E-state index in [1.54, 1.807) is 6.07 Å². The van der Waals surface area contributed by atoms with Crippen LogP contribution in [0.5, 0.6) is 0 Å². The standard InChI is InChI=1S/C10H8INO/c1-7-3-2-4-8(10(7)11)9(13)5-6-12/h2-4H,5H2,1H3. The van der Waals surface area contributed by atoms with Gasteiger partial charge in [0.25, 0.3) is 0 Å². The highest BCUT2D eigenvalue weighted by molar-refractivity contribution is 14.1. The molecule has 0 heterocycles. The molecule has 66 valence electrons. The first-order chi connectivity index (χ1) is 6.16. The van der Waals surface area contributed by atoms with Crippen LogP contribution in [0.2, 0.25) is 0 Å². The molecule has 1 aromatic rings. The first kappa shape index (κ1) is 10.2. The molecule has 0 aliphatic heterocycles. The summed E-state index contributed by atoms with van der Waals surface area (Å²) in [6.45, 7) is 1.95. The van der Waals surface area contributed by atoms with Gasteiger partial charge in [-0.05, 0) is 35.1 Å². The van der Waals surface area contributed by atoms with Gasteiger partial charge in [0.2, 0.25) is 0 Å². The fourth-order valence-electron chi connectivity index (χ4n) is 1.03. The summed E-state index contributed by atoms with van der Waals surface area (Å²) < 4.78 is 0.945. The highest BCUT2D eigenvalue weighted by atomic mass is 127. The molecule has 0 saturated carbocycles. The first-order valence-corrected chi connectivity index (χ1v) is 4.90. The summed E-state index contributed by atoms with van der Waals surface area (Å²) in [7, 11) is 0. The van der Waals surface area contributed by atoms with Gasteiger partial charge in [-0.15, -0.1) is 0 Å². The molecule has 13 heavy (non-hydrogen) atoms. The van der Waals surface area contributed by atoms with E-state index in [9.17, 15) is 4.79 Å². The summed E-state index contributed by atoms with van der Waals surface area (Å²) in [5.41, 5.74) is 1.73. The van der Waals surface area contributed by atoms with Gasteiger partial charge >= 0.3 is 0 Å². The van der Waals surface area contributed by atoms with E-state index < -0.39 is 0 Å². The quantitative estimate of drug-likeness (QED) is 0.619. The summed E-state index contributed by atoms with van der Waals surface area (Å²) in [4.78, 5) is 11.4. The Labute approximate surface area is 90.7 Å². The van der Waals surface area contributed by atoms with Crippen LogP contribution in [0, 0.1) is 21.8 Å². The van der Waals surface area contributed by atoms with Crippen LogP contribution in [-0.4, -0.2) is 5.78 Å². The lowest BCUT2D eigenvalue weighted by atomic mass is 10.1. The molecule has 3 heteroatoms. The molecule has 0 N–H and O–H groups in total. The monoisotopic (exact) mass is 285 g/mol. The van der Waals surface area contributed by atoms with Gasteiger partial charge < -0.3 is 0 Å². The number of hydrogen-bond donors (Lipinski definition) is 0. The van der Waals surface area contributed by atoms with Crippen molar-refractivity contribution in [3.05, 3.63) is 32.9 Å². The Hall–Kier alpha value is -0.890. The Morgan fingerprint density at radius 2 is 2.31 bits per heavy atom. The highest BCUT2D eigenvalue weighted by Gasteiger charge is 2.09. The number of ketones is 1. The largest absolute Gasteiger partial charge is 0.293 e. The minimum atomic E-state index is -0.101. The van der Waals surface area contributed by atoms with Crippen LogP contribution in [0.4, 0.5) is 0 Å². The first-order valence-electron chi connectivity index (χ1n) is 3.82. The molecule has 0 spiro atoms. The van der Waals surface area contributed by atoms with Crippen molar-refractivity contribution in [2.75, 3.05) is 0 Å². The Bertz CT molecular complexity index is 379. The third-order valence-electron chi connectivity index (χ3n) is 1.73. The topological polar surface area (TPSA) is 40.9 Å². The van der Waals surface area contributed by atoms with E-state index in [-0.39, 0.29) is 12.2 Å². The zero-order valence-electron chi connectivity index (χ0n) is 7.17. The molecule has 0 unspecified atom stereocenters. The van der Waals surface area contributed by atoms with Gasteiger partial charge in [0, 0.05) is 9.13 Å². The van der Waals surface area contributed by atoms with Crippen molar-refractivity contribution < 1.29 is 4.79 Å². The van der Waals surface area contributed by atoms with E-state index in [0.29, 0.717) is 5.56 Å². The van der Waals surface area contributed by atoms with Gasteiger partial charge in [0.15, 0.2) is 5.78 Å². The molecule has 0 aliphatic carbocycles. The fraction of sp³-hybridized carbons (Fsp3) is 0.200. The van der Waals surface area contributed by atoms with Crippen LogP contribution < -0.4 is 0 Å². The summed E-state index contributed by atoms with van der Waals surface area (Å²) in [5.74, 6) is -0.101. The predicted molar refractivity (Wildman–Crippen MR) is 58.5 cm³/mol. The van der Waals surface area contributed by atoms with Gasteiger partial charge in [-0.25, -0.2) is 0 Å². The number of carbonyl (C=O) groups is 1. The maximum atomic E-state index is 11.4. The lowest BCUT2D eigenvalue weighted by Gasteiger charge is -2.03. The van der Waals surface area contributed by atoms with Crippen molar-refractivity contribution in [2.45, 2.75) is 13.3 Å². The lowest BCUT2D eigenvalue weighted by Crippen LogP contribution is -2.01. The number of halogens is 1. The van der Waals surface area contributed by atoms with Gasteiger partial charge in [-0.2, -0.15) is 5.26 Å². The van der Waals surface area contributed by atoms with Gasteiger partial charge in [0.1, 0.15) is 0 Å². The maximum absolute atomic E-state index is 11.4. The van der Waals surface area contributed by atoms with Crippen molar-refractivity contribution in [1.29, 1.82) is 5.26 Å². The number of nitrogens with zero attached hydrogens (tertiary/aromatic N) is 1. The highest BCUT2D eigenvalue weighted by Crippen LogP contribution is 2.17. The number of rotatable bonds is 2. The molecule has 0 aromatic heterocycles. The second-order valence-electron chi connectivity index (χ2n) is 2.69. The number of hydrogen-bond acceptors (Lipinski definition) is 2. The normalized spacial score (nSPS) is 9.31. The van der Waals surface area contributed by atoms with E-state index in [4.69, 9.17) is 5.26 Å². The van der Waals surface area contributed by atoms with Crippen molar-refractivity contribution in [3.8, 4) is 6.07 Å². The van der Waals surface area contributed by atoms with E-state index in [2.05, 4.69) is 22.6 Å². The molecule has 0 bridgehead atoms. The molecule has 0 radical (unpaired) electrons. The Balaban J connectivity index is 3.09.